The molecule has 0 aliphatic carbocycles. The number of anilines is 1. The predicted octanol–water partition coefficient (Wildman–Crippen LogP) is 5.66. The van der Waals surface area contributed by atoms with Crippen LogP contribution in [0.1, 0.15) is 35.0 Å². The first kappa shape index (κ1) is 21.9. The summed E-state index contributed by atoms with van der Waals surface area (Å²) in [6.45, 7) is 10.6. The first-order chi connectivity index (χ1) is 14.8. The van der Waals surface area contributed by atoms with Crippen molar-refractivity contribution < 1.29 is 9.53 Å². The van der Waals surface area contributed by atoms with Gasteiger partial charge in [0, 0.05) is 28.8 Å². The van der Waals surface area contributed by atoms with Crippen LogP contribution in [0.25, 0.3) is 11.8 Å². The summed E-state index contributed by atoms with van der Waals surface area (Å²) in [5.41, 5.74) is 6.95. The fourth-order valence-corrected chi connectivity index (χ4v) is 3.69. The molecule has 2 aromatic carbocycles. The molecule has 0 spiro atoms. The minimum atomic E-state index is -0.451. The highest BCUT2D eigenvalue weighted by molar-refractivity contribution is 6.09. The van der Waals surface area contributed by atoms with Gasteiger partial charge < -0.3 is 14.6 Å². The normalized spacial score (nSPS) is 11.2. The number of ether oxygens (including phenoxy) is 1. The Balaban J connectivity index is 1.92. The number of hydrogen-bond donors (Lipinski definition) is 1. The number of carbonyl (C=O) groups is 1. The summed E-state index contributed by atoms with van der Waals surface area (Å²) in [5.74, 6) is 0.215. The lowest BCUT2D eigenvalue weighted by atomic mass is 10.1. The molecule has 0 radical (unpaired) electrons. The van der Waals surface area contributed by atoms with Gasteiger partial charge in [0.05, 0.1) is 6.61 Å². The van der Waals surface area contributed by atoms with E-state index < -0.39 is 5.91 Å². The summed E-state index contributed by atoms with van der Waals surface area (Å²) < 4.78 is 7.62. The molecule has 1 amide bonds. The van der Waals surface area contributed by atoms with E-state index in [2.05, 4.69) is 41.9 Å². The van der Waals surface area contributed by atoms with Crippen molar-refractivity contribution in [2.24, 2.45) is 0 Å². The van der Waals surface area contributed by atoms with E-state index in [-0.39, 0.29) is 5.57 Å². The molecule has 1 N–H and O–H groups in total. The number of amides is 1. The number of nitriles is 1. The summed E-state index contributed by atoms with van der Waals surface area (Å²) >= 11 is 0. The molecule has 0 saturated carbocycles. The second-order valence-corrected chi connectivity index (χ2v) is 7.54. The lowest BCUT2D eigenvalue weighted by Crippen LogP contribution is -2.13. The van der Waals surface area contributed by atoms with Gasteiger partial charge in [0.25, 0.3) is 5.91 Å². The molecule has 0 unspecified atom stereocenters. The molecule has 3 aromatic rings. The molecular formula is C26H27N3O2. The van der Waals surface area contributed by atoms with Crippen molar-refractivity contribution in [3.63, 3.8) is 0 Å². The van der Waals surface area contributed by atoms with Crippen LogP contribution in [0.2, 0.25) is 0 Å². The van der Waals surface area contributed by atoms with Crippen LogP contribution in [0.3, 0.4) is 0 Å². The lowest BCUT2D eigenvalue weighted by molar-refractivity contribution is -0.112. The van der Waals surface area contributed by atoms with Crippen LogP contribution in [0.4, 0.5) is 5.69 Å². The van der Waals surface area contributed by atoms with Crippen LogP contribution < -0.4 is 10.1 Å². The standard InChI is InChI=1S/C26H27N3O2/c1-6-31-24-9-7-8-23(15-24)28-26(30)22(16-27)14-21-13-19(4)29(20(21)5)25-11-10-17(2)12-18(25)3/h7-15H,6H2,1-5H3,(H,28,30)/b22-14+. The van der Waals surface area contributed by atoms with Crippen molar-refractivity contribution in [2.75, 3.05) is 11.9 Å². The van der Waals surface area contributed by atoms with Crippen LogP contribution >= 0.6 is 0 Å². The van der Waals surface area contributed by atoms with Gasteiger partial charge in [-0.15, -0.1) is 0 Å². The largest absolute Gasteiger partial charge is 0.494 e. The Morgan fingerprint density at radius 1 is 1.13 bits per heavy atom. The van der Waals surface area contributed by atoms with Gasteiger partial charge in [0.1, 0.15) is 17.4 Å². The summed E-state index contributed by atoms with van der Waals surface area (Å²) in [6.07, 6.45) is 1.64. The summed E-state index contributed by atoms with van der Waals surface area (Å²) in [5, 5.41) is 12.4. The third kappa shape index (κ3) is 4.87. The highest BCUT2D eigenvalue weighted by atomic mass is 16.5. The Labute approximate surface area is 183 Å². The fourth-order valence-electron chi connectivity index (χ4n) is 3.69. The SMILES string of the molecule is CCOc1cccc(NC(=O)/C(C#N)=C/c2cc(C)n(-c3ccc(C)cc3C)c2C)c1. The molecule has 5 nitrogen and oxygen atoms in total. The number of carbonyl (C=O) groups excluding carboxylic acids is 1. The molecule has 0 saturated heterocycles. The highest BCUT2D eigenvalue weighted by Crippen LogP contribution is 2.26. The molecular weight excluding hydrogens is 386 g/mol. The van der Waals surface area contributed by atoms with Gasteiger partial charge in [-0.3, -0.25) is 4.79 Å². The zero-order valence-corrected chi connectivity index (χ0v) is 18.6. The third-order valence-electron chi connectivity index (χ3n) is 5.13. The van der Waals surface area contributed by atoms with Gasteiger partial charge in [0.2, 0.25) is 0 Å². The van der Waals surface area contributed by atoms with Gasteiger partial charge in [0.15, 0.2) is 0 Å². The molecule has 0 atom stereocenters. The Kier molecular flexibility index (Phi) is 6.61. The lowest BCUT2D eigenvalue weighted by Gasteiger charge is -2.13. The average molecular weight is 414 g/mol. The minimum Gasteiger partial charge on any atom is -0.494 e. The first-order valence-electron chi connectivity index (χ1n) is 10.3. The number of benzene rings is 2. The molecule has 158 valence electrons. The average Bonchev–Trinajstić information content (AvgIpc) is 3.00. The zero-order valence-electron chi connectivity index (χ0n) is 18.6. The zero-order chi connectivity index (χ0) is 22.5. The second kappa shape index (κ2) is 9.36. The van der Waals surface area contributed by atoms with Crippen molar-refractivity contribution >= 4 is 17.7 Å². The van der Waals surface area contributed by atoms with Crippen LogP contribution in [0.15, 0.2) is 54.1 Å². The van der Waals surface area contributed by atoms with Crippen LogP contribution in [-0.2, 0) is 4.79 Å². The summed E-state index contributed by atoms with van der Waals surface area (Å²) in [6, 6.07) is 17.5. The van der Waals surface area contributed by atoms with E-state index in [1.54, 1.807) is 24.3 Å². The molecule has 1 aromatic heterocycles. The Hall–Kier alpha value is -3.78. The van der Waals surface area contributed by atoms with E-state index in [0.29, 0.717) is 18.0 Å². The molecule has 0 aliphatic rings. The maximum Gasteiger partial charge on any atom is 0.266 e. The van der Waals surface area contributed by atoms with E-state index in [9.17, 15) is 10.1 Å². The highest BCUT2D eigenvalue weighted by Gasteiger charge is 2.15. The Bertz CT molecular complexity index is 1200. The molecule has 0 aliphatic heterocycles. The van der Waals surface area contributed by atoms with Crippen molar-refractivity contribution in [2.45, 2.75) is 34.6 Å². The van der Waals surface area contributed by atoms with Gasteiger partial charge in [-0.05, 0) is 76.1 Å². The second-order valence-electron chi connectivity index (χ2n) is 7.54. The minimum absolute atomic E-state index is 0.0442. The van der Waals surface area contributed by atoms with E-state index in [1.807, 2.05) is 39.0 Å². The number of nitrogens with zero attached hydrogens (tertiary/aromatic N) is 2. The first-order valence-corrected chi connectivity index (χ1v) is 10.3. The maximum atomic E-state index is 12.7. The Morgan fingerprint density at radius 3 is 2.58 bits per heavy atom. The fraction of sp³-hybridized carbons (Fsp3) is 0.231. The molecule has 31 heavy (non-hydrogen) atoms. The maximum absolute atomic E-state index is 12.7. The summed E-state index contributed by atoms with van der Waals surface area (Å²) in [7, 11) is 0. The number of rotatable bonds is 6. The van der Waals surface area contributed by atoms with Crippen molar-refractivity contribution in [1.82, 2.24) is 4.57 Å². The van der Waals surface area contributed by atoms with Gasteiger partial charge in [-0.1, -0.05) is 23.8 Å². The molecule has 1 heterocycles. The molecule has 5 heteroatoms. The van der Waals surface area contributed by atoms with E-state index >= 15 is 0 Å². The van der Waals surface area contributed by atoms with E-state index in [4.69, 9.17) is 4.74 Å². The number of aryl methyl sites for hydroxylation is 3. The molecule has 0 fully saturated rings. The summed E-state index contributed by atoms with van der Waals surface area (Å²) in [4.78, 5) is 12.7. The van der Waals surface area contributed by atoms with Gasteiger partial charge in [-0.25, -0.2) is 0 Å². The van der Waals surface area contributed by atoms with E-state index in [1.165, 1.54) is 11.1 Å². The van der Waals surface area contributed by atoms with Crippen LogP contribution in [0, 0.1) is 39.0 Å². The van der Waals surface area contributed by atoms with Gasteiger partial charge in [-0.2, -0.15) is 5.26 Å². The molecule has 3 rings (SSSR count). The third-order valence-corrected chi connectivity index (χ3v) is 5.13. The van der Waals surface area contributed by atoms with Crippen molar-refractivity contribution in [3.8, 4) is 17.5 Å². The topological polar surface area (TPSA) is 67.0 Å². The number of hydrogen-bond acceptors (Lipinski definition) is 3. The monoisotopic (exact) mass is 413 g/mol. The smallest absolute Gasteiger partial charge is 0.266 e. The van der Waals surface area contributed by atoms with Gasteiger partial charge >= 0.3 is 0 Å². The van der Waals surface area contributed by atoms with Crippen LogP contribution in [0.5, 0.6) is 5.75 Å². The predicted molar refractivity (Wildman–Crippen MR) is 125 cm³/mol. The van der Waals surface area contributed by atoms with Crippen molar-refractivity contribution in [1.29, 1.82) is 5.26 Å². The van der Waals surface area contributed by atoms with Crippen LogP contribution in [-0.4, -0.2) is 17.1 Å². The Morgan fingerprint density at radius 2 is 1.90 bits per heavy atom. The molecule has 0 bridgehead atoms. The quantitative estimate of drug-likeness (QED) is 0.419. The van der Waals surface area contributed by atoms with Crippen molar-refractivity contribution in [3.05, 3.63) is 82.2 Å². The number of aromatic nitrogens is 1. The van der Waals surface area contributed by atoms with E-state index in [0.717, 1.165) is 22.6 Å². The number of nitrogens with one attached hydrogen (secondary N) is 1.